The van der Waals surface area contributed by atoms with E-state index in [0.29, 0.717) is 6.04 Å². The zero-order valence-corrected chi connectivity index (χ0v) is 15.0. The van der Waals surface area contributed by atoms with E-state index in [2.05, 4.69) is 31.6 Å². The summed E-state index contributed by atoms with van der Waals surface area (Å²) in [4.78, 5) is 13.6. The molecule has 23 heavy (non-hydrogen) atoms. The van der Waals surface area contributed by atoms with E-state index < -0.39 is 0 Å². The van der Waals surface area contributed by atoms with Crippen LogP contribution in [-0.4, -0.2) is 21.0 Å². The van der Waals surface area contributed by atoms with Gasteiger partial charge >= 0.3 is 0 Å². The lowest BCUT2D eigenvalue weighted by molar-refractivity contribution is 0.462. The Kier molecular flexibility index (Phi) is 4.27. The smallest absolute Gasteiger partial charge is 0.162 e. The third-order valence-corrected chi connectivity index (χ3v) is 6.14. The number of fused-ring (bicyclic) bond motifs is 1. The van der Waals surface area contributed by atoms with Crippen molar-refractivity contribution >= 4 is 43.3 Å². The van der Waals surface area contributed by atoms with Crippen molar-refractivity contribution in [1.82, 2.24) is 15.0 Å². The van der Waals surface area contributed by atoms with E-state index in [4.69, 9.17) is 9.97 Å². The molecule has 0 bridgehead atoms. The summed E-state index contributed by atoms with van der Waals surface area (Å²) >= 11 is 5.30. The average molecular weight is 389 g/mol. The van der Waals surface area contributed by atoms with Crippen LogP contribution in [0, 0.1) is 0 Å². The highest BCUT2D eigenvalue weighted by Gasteiger charge is 2.18. The minimum Gasteiger partial charge on any atom is -0.366 e. The number of rotatable bonds is 3. The molecule has 0 amide bonds. The van der Waals surface area contributed by atoms with E-state index in [1.165, 1.54) is 32.1 Å². The molecule has 1 aliphatic carbocycles. The third kappa shape index (κ3) is 3.10. The molecule has 0 radical (unpaired) electrons. The minimum atomic E-state index is 0.521. The Labute approximate surface area is 147 Å². The number of nitrogens with one attached hydrogen (secondary N) is 1. The fraction of sp³-hybridized carbons (Fsp3) is 0.353. The Morgan fingerprint density at radius 1 is 1.09 bits per heavy atom. The van der Waals surface area contributed by atoms with Crippen molar-refractivity contribution < 1.29 is 0 Å². The predicted molar refractivity (Wildman–Crippen MR) is 98.8 cm³/mol. The summed E-state index contributed by atoms with van der Waals surface area (Å²) in [5.41, 5.74) is 1.97. The van der Waals surface area contributed by atoms with Gasteiger partial charge in [0, 0.05) is 29.4 Å². The largest absolute Gasteiger partial charge is 0.366 e. The second-order valence-electron chi connectivity index (χ2n) is 5.87. The molecule has 0 spiro atoms. The molecular formula is C17H17BrN4S. The first kappa shape index (κ1) is 15.0. The molecule has 1 fully saturated rings. The Hall–Kier alpha value is -1.53. The maximum absolute atomic E-state index is 4.82. The van der Waals surface area contributed by atoms with Crippen LogP contribution in [0.3, 0.4) is 0 Å². The highest BCUT2D eigenvalue weighted by atomic mass is 79.9. The Bertz CT molecular complexity index is 812. The molecule has 0 saturated heterocycles. The molecular weight excluding hydrogens is 372 g/mol. The molecule has 0 atom stereocenters. The molecule has 1 N–H and O–H groups in total. The fourth-order valence-electron chi connectivity index (χ4n) is 3.06. The number of pyridine rings is 1. The normalized spacial score (nSPS) is 15.9. The van der Waals surface area contributed by atoms with Gasteiger partial charge in [-0.25, -0.2) is 9.97 Å². The van der Waals surface area contributed by atoms with Gasteiger partial charge in [-0.1, -0.05) is 19.3 Å². The Balaban J connectivity index is 1.78. The van der Waals surface area contributed by atoms with Gasteiger partial charge in [-0.3, -0.25) is 4.98 Å². The minimum absolute atomic E-state index is 0.521. The van der Waals surface area contributed by atoms with Crippen LogP contribution in [-0.2, 0) is 0 Å². The number of thiophene rings is 1. The van der Waals surface area contributed by atoms with E-state index in [1.807, 2.05) is 12.1 Å². The van der Waals surface area contributed by atoms with Gasteiger partial charge in [-0.05, 0) is 40.9 Å². The lowest BCUT2D eigenvalue weighted by Gasteiger charge is -2.23. The third-order valence-electron chi connectivity index (χ3n) is 4.26. The average Bonchev–Trinajstić information content (AvgIpc) is 2.98. The highest BCUT2D eigenvalue weighted by Crippen LogP contribution is 2.36. The molecule has 3 aromatic heterocycles. The quantitative estimate of drug-likeness (QED) is 0.664. The van der Waals surface area contributed by atoms with Crippen LogP contribution < -0.4 is 5.32 Å². The van der Waals surface area contributed by atoms with Gasteiger partial charge < -0.3 is 5.32 Å². The van der Waals surface area contributed by atoms with Gasteiger partial charge in [0.15, 0.2) is 5.82 Å². The van der Waals surface area contributed by atoms with Crippen LogP contribution >= 0.6 is 27.3 Å². The zero-order valence-electron chi connectivity index (χ0n) is 12.6. The lowest BCUT2D eigenvalue weighted by atomic mass is 9.95. The van der Waals surface area contributed by atoms with Crippen LogP contribution in [0.15, 0.2) is 34.4 Å². The van der Waals surface area contributed by atoms with Crippen LogP contribution in [0.4, 0.5) is 5.82 Å². The SMILES string of the molecule is Brc1csc2c(NC3CCCCC3)nc(-c3ccncc3)nc12. The van der Waals surface area contributed by atoms with Crippen LogP contribution in [0.1, 0.15) is 32.1 Å². The van der Waals surface area contributed by atoms with E-state index in [0.717, 1.165) is 31.9 Å². The number of aromatic nitrogens is 3. The molecule has 3 heterocycles. The number of halogens is 1. The van der Waals surface area contributed by atoms with Crippen molar-refractivity contribution in [3.63, 3.8) is 0 Å². The standard InChI is InChI=1S/C17H17BrN4S/c18-13-10-23-15-14(13)21-16(11-6-8-19-9-7-11)22-17(15)20-12-4-2-1-3-5-12/h6-10,12H,1-5H2,(H,20,21,22). The molecule has 0 aliphatic heterocycles. The highest BCUT2D eigenvalue weighted by molar-refractivity contribution is 9.10. The van der Waals surface area contributed by atoms with Crippen molar-refractivity contribution in [1.29, 1.82) is 0 Å². The molecule has 1 saturated carbocycles. The van der Waals surface area contributed by atoms with Crippen molar-refractivity contribution in [3.05, 3.63) is 34.4 Å². The lowest BCUT2D eigenvalue weighted by Crippen LogP contribution is -2.23. The van der Waals surface area contributed by atoms with Crippen molar-refractivity contribution in [3.8, 4) is 11.4 Å². The summed E-state index contributed by atoms with van der Waals surface area (Å²) in [7, 11) is 0. The van der Waals surface area contributed by atoms with Gasteiger partial charge in [0.25, 0.3) is 0 Å². The predicted octanol–water partition coefficient (Wildman–Crippen LogP) is 5.26. The molecule has 1 aliphatic rings. The maximum Gasteiger partial charge on any atom is 0.162 e. The number of anilines is 1. The van der Waals surface area contributed by atoms with E-state index in [1.54, 1.807) is 23.7 Å². The second kappa shape index (κ2) is 6.53. The van der Waals surface area contributed by atoms with Crippen molar-refractivity contribution in [2.24, 2.45) is 0 Å². The Morgan fingerprint density at radius 2 is 1.87 bits per heavy atom. The number of hydrogen-bond acceptors (Lipinski definition) is 5. The number of nitrogens with zero attached hydrogens (tertiary/aromatic N) is 3. The topological polar surface area (TPSA) is 50.7 Å². The summed E-state index contributed by atoms with van der Waals surface area (Å²) in [6.07, 6.45) is 9.96. The molecule has 3 aromatic rings. The molecule has 4 rings (SSSR count). The van der Waals surface area contributed by atoms with Gasteiger partial charge in [0.1, 0.15) is 11.3 Å². The summed E-state index contributed by atoms with van der Waals surface area (Å²) in [5, 5.41) is 5.76. The van der Waals surface area contributed by atoms with Crippen LogP contribution in [0.25, 0.3) is 21.6 Å². The molecule has 6 heteroatoms. The van der Waals surface area contributed by atoms with Crippen LogP contribution in [0.2, 0.25) is 0 Å². The molecule has 0 unspecified atom stereocenters. The summed E-state index contributed by atoms with van der Waals surface area (Å²) in [5.74, 6) is 1.71. The van der Waals surface area contributed by atoms with Crippen molar-refractivity contribution in [2.45, 2.75) is 38.1 Å². The van der Waals surface area contributed by atoms with E-state index in [-0.39, 0.29) is 0 Å². The Morgan fingerprint density at radius 3 is 2.65 bits per heavy atom. The molecule has 118 valence electrons. The monoisotopic (exact) mass is 388 g/mol. The fourth-order valence-corrected chi connectivity index (χ4v) is 4.57. The van der Waals surface area contributed by atoms with Gasteiger partial charge in [0.05, 0.1) is 9.17 Å². The first-order valence-electron chi connectivity index (χ1n) is 7.93. The zero-order chi connectivity index (χ0) is 15.6. The molecule has 0 aromatic carbocycles. The summed E-state index contributed by atoms with van der Waals surface area (Å²) < 4.78 is 2.15. The summed E-state index contributed by atoms with van der Waals surface area (Å²) in [6.45, 7) is 0. The van der Waals surface area contributed by atoms with Crippen molar-refractivity contribution in [2.75, 3.05) is 5.32 Å². The van der Waals surface area contributed by atoms with Gasteiger partial charge in [-0.15, -0.1) is 11.3 Å². The van der Waals surface area contributed by atoms with E-state index in [9.17, 15) is 0 Å². The van der Waals surface area contributed by atoms with Gasteiger partial charge in [0.2, 0.25) is 0 Å². The first-order chi connectivity index (χ1) is 11.3. The second-order valence-corrected chi connectivity index (χ2v) is 7.61. The van der Waals surface area contributed by atoms with E-state index >= 15 is 0 Å². The maximum atomic E-state index is 4.82. The first-order valence-corrected chi connectivity index (χ1v) is 9.60. The molecule has 4 nitrogen and oxygen atoms in total. The van der Waals surface area contributed by atoms with Gasteiger partial charge in [-0.2, -0.15) is 0 Å². The summed E-state index contributed by atoms with van der Waals surface area (Å²) in [6, 6.07) is 4.42. The number of hydrogen-bond donors (Lipinski definition) is 1. The van der Waals surface area contributed by atoms with Crippen LogP contribution in [0.5, 0.6) is 0 Å².